The lowest BCUT2D eigenvalue weighted by Crippen LogP contribution is -2.11. The van der Waals surface area contributed by atoms with Crippen LogP contribution in [0.2, 0.25) is 0 Å². The SMILES string of the molecule is CN(C)Cc1cc(OCCCCCCCC=CCC=CCCCCCCCC(=O)O)cc(OCCCCCCCC=CCC=CCCCCCCCC(=O)O)c1. The Morgan fingerprint density at radius 2 is 0.786 bits per heavy atom. The Labute approximate surface area is 342 Å². The fourth-order valence-corrected chi connectivity index (χ4v) is 6.57. The molecule has 7 nitrogen and oxygen atoms in total. The summed E-state index contributed by atoms with van der Waals surface area (Å²) in [6.07, 6.45) is 48.3. The highest BCUT2D eigenvalue weighted by molar-refractivity contribution is 5.66. The number of unbranched alkanes of at least 4 members (excludes halogenated alkanes) is 20. The standard InChI is InChI=1S/C49H81NO6/c1-50(2)44-45-41-46(55-39-35-31-27-23-19-15-11-7-3-5-9-13-17-21-25-29-33-37-48(51)52)43-47(42-45)56-40-36-32-28-24-20-16-12-8-4-6-10-14-18-22-26-30-34-38-49(53)54/h5-12,41-43H,3-4,13-40,44H2,1-2H3,(H,51,52)(H,53,54). The van der Waals surface area contributed by atoms with E-state index in [1.165, 1.54) is 82.6 Å². The first-order valence-electron chi connectivity index (χ1n) is 22.4. The van der Waals surface area contributed by atoms with E-state index < -0.39 is 11.9 Å². The molecule has 0 amide bonds. The second-order valence-corrected chi connectivity index (χ2v) is 15.6. The minimum absolute atomic E-state index is 0.304. The molecule has 0 saturated carbocycles. The number of ether oxygens (including phenoxy) is 2. The van der Waals surface area contributed by atoms with Crippen LogP contribution in [0, 0.1) is 0 Å². The zero-order chi connectivity index (χ0) is 40.6. The van der Waals surface area contributed by atoms with E-state index in [0.29, 0.717) is 12.8 Å². The van der Waals surface area contributed by atoms with Gasteiger partial charge in [-0.25, -0.2) is 0 Å². The third-order valence-electron chi connectivity index (χ3n) is 9.74. The molecular weight excluding hydrogens is 699 g/mol. The first-order valence-corrected chi connectivity index (χ1v) is 22.4. The van der Waals surface area contributed by atoms with Crippen molar-refractivity contribution in [1.82, 2.24) is 4.90 Å². The third kappa shape index (κ3) is 36.3. The van der Waals surface area contributed by atoms with Crippen LogP contribution in [0.1, 0.15) is 185 Å². The van der Waals surface area contributed by atoms with E-state index in [1.54, 1.807) is 0 Å². The number of aliphatic carboxylic acids is 2. The van der Waals surface area contributed by atoms with Crippen LogP contribution in [0.25, 0.3) is 0 Å². The van der Waals surface area contributed by atoms with Crippen LogP contribution in [0.3, 0.4) is 0 Å². The Bertz CT molecular complexity index is 1120. The van der Waals surface area contributed by atoms with Gasteiger partial charge >= 0.3 is 11.9 Å². The van der Waals surface area contributed by atoms with Gasteiger partial charge in [-0.1, -0.05) is 126 Å². The maximum atomic E-state index is 10.5. The van der Waals surface area contributed by atoms with Crippen molar-refractivity contribution in [3.8, 4) is 11.5 Å². The van der Waals surface area contributed by atoms with Gasteiger partial charge in [0.1, 0.15) is 11.5 Å². The maximum Gasteiger partial charge on any atom is 0.303 e. The van der Waals surface area contributed by atoms with E-state index in [0.717, 1.165) is 121 Å². The molecule has 0 bridgehead atoms. The summed E-state index contributed by atoms with van der Waals surface area (Å²) >= 11 is 0. The molecule has 0 aliphatic heterocycles. The fraction of sp³-hybridized carbons (Fsp3) is 0.673. The summed E-state index contributed by atoms with van der Waals surface area (Å²) in [6.45, 7) is 2.35. The molecule has 318 valence electrons. The van der Waals surface area contributed by atoms with Gasteiger partial charge in [0.25, 0.3) is 0 Å². The van der Waals surface area contributed by atoms with Crippen LogP contribution in [0.15, 0.2) is 66.8 Å². The van der Waals surface area contributed by atoms with E-state index in [-0.39, 0.29) is 0 Å². The molecule has 0 aliphatic carbocycles. The number of benzene rings is 1. The summed E-state index contributed by atoms with van der Waals surface area (Å²) in [4.78, 5) is 23.2. The summed E-state index contributed by atoms with van der Waals surface area (Å²) in [5.41, 5.74) is 1.22. The molecule has 0 unspecified atom stereocenters. The highest BCUT2D eigenvalue weighted by atomic mass is 16.5. The van der Waals surface area contributed by atoms with E-state index in [9.17, 15) is 9.59 Å². The number of hydrogen-bond acceptors (Lipinski definition) is 5. The van der Waals surface area contributed by atoms with Gasteiger partial charge in [-0.3, -0.25) is 9.59 Å². The van der Waals surface area contributed by atoms with Crippen molar-refractivity contribution in [2.45, 2.75) is 186 Å². The largest absolute Gasteiger partial charge is 0.493 e. The summed E-state index contributed by atoms with van der Waals surface area (Å²) in [5, 5.41) is 17.3. The lowest BCUT2D eigenvalue weighted by atomic mass is 10.1. The van der Waals surface area contributed by atoms with Gasteiger partial charge in [-0.15, -0.1) is 0 Å². The average Bonchev–Trinajstić information content (AvgIpc) is 3.15. The molecule has 2 N–H and O–H groups in total. The number of nitrogens with zero attached hydrogens (tertiary/aromatic N) is 1. The number of allylic oxidation sites excluding steroid dienone is 8. The first kappa shape index (κ1) is 50.7. The van der Waals surface area contributed by atoms with Gasteiger partial charge in [0.05, 0.1) is 13.2 Å². The highest BCUT2D eigenvalue weighted by Crippen LogP contribution is 2.25. The molecule has 56 heavy (non-hydrogen) atoms. The molecule has 0 saturated heterocycles. The summed E-state index contributed by atoms with van der Waals surface area (Å²) in [5.74, 6) is 0.464. The van der Waals surface area contributed by atoms with Crippen LogP contribution in [0.4, 0.5) is 0 Å². The minimum atomic E-state index is -0.682. The van der Waals surface area contributed by atoms with Gasteiger partial charge in [0.15, 0.2) is 0 Å². The Morgan fingerprint density at radius 3 is 1.12 bits per heavy atom. The second kappa shape index (κ2) is 38.5. The van der Waals surface area contributed by atoms with E-state index in [2.05, 4.69) is 85.8 Å². The van der Waals surface area contributed by atoms with Crippen molar-refractivity contribution < 1.29 is 29.3 Å². The molecule has 0 heterocycles. The number of hydrogen-bond donors (Lipinski definition) is 2. The molecule has 0 fully saturated rings. The van der Waals surface area contributed by atoms with Crippen molar-refractivity contribution in [3.63, 3.8) is 0 Å². The average molecular weight is 780 g/mol. The van der Waals surface area contributed by atoms with Gasteiger partial charge in [0, 0.05) is 25.5 Å². The lowest BCUT2D eigenvalue weighted by molar-refractivity contribution is -0.138. The third-order valence-corrected chi connectivity index (χ3v) is 9.74. The molecule has 0 aromatic heterocycles. The maximum absolute atomic E-state index is 10.5. The summed E-state index contributed by atoms with van der Waals surface area (Å²) in [7, 11) is 4.19. The summed E-state index contributed by atoms with van der Waals surface area (Å²) < 4.78 is 12.4. The zero-order valence-electron chi connectivity index (χ0n) is 35.7. The van der Waals surface area contributed by atoms with E-state index in [1.807, 2.05) is 0 Å². The Hall–Kier alpha value is -3.32. The smallest absolute Gasteiger partial charge is 0.303 e. The van der Waals surface area contributed by atoms with E-state index in [4.69, 9.17) is 19.7 Å². The monoisotopic (exact) mass is 780 g/mol. The zero-order valence-corrected chi connectivity index (χ0v) is 35.7. The molecule has 0 aliphatic rings. The fourth-order valence-electron chi connectivity index (χ4n) is 6.57. The second-order valence-electron chi connectivity index (χ2n) is 15.6. The van der Waals surface area contributed by atoms with Crippen molar-refractivity contribution in [2.75, 3.05) is 27.3 Å². The van der Waals surface area contributed by atoms with Gasteiger partial charge in [0.2, 0.25) is 0 Å². The molecular formula is C49H81NO6. The summed E-state index contributed by atoms with van der Waals surface area (Å²) in [6, 6.07) is 6.37. The predicted octanol–water partition coefficient (Wildman–Crippen LogP) is 13.8. The number of carboxylic acids is 2. The molecule has 1 rings (SSSR count). The number of carboxylic acid groups (broad SMARTS) is 2. The molecule has 1 aromatic carbocycles. The van der Waals surface area contributed by atoms with Crippen LogP contribution >= 0.6 is 0 Å². The van der Waals surface area contributed by atoms with Crippen molar-refractivity contribution in [3.05, 3.63) is 72.4 Å². The van der Waals surface area contributed by atoms with Crippen molar-refractivity contribution in [1.29, 1.82) is 0 Å². The lowest BCUT2D eigenvalue weighted by Gasteiger charge is -2.15. The van der Waals surface area contributed by atoms with Crippen LogP contribution in [-0.4, -0.2) is 54.4 Å². The predicted molar refractivity (Wildman–Crippen MR) is 236 cm³/mol. The quantitative estimate of drug-likeness (QED) is 0.0506. The Morgan fingerprint density at radius 1 is 0.464 bits per heavy atom. The number of rotatable bonds is 40. The normalized spacial score (nSPS) is 12.0. The molecule has 7 heteroatoms. The topological polar surface area (TPSA) is 96.3 Å². The van der Waals surface area contributed by atoms with Crippen LogP contribution in [-0.2, 0) is 16.1 Å². The van der Waals surface area contributed by atoms with Crippen LogP contribution in [0.5, 0.6) is 11.5 Å². The van der Waals surface area contributed by atoms with Gasteiger partial charge in [-0.05, 0) is 122 Å². The minimum Gasteiger partial charge on any atom is -0.493 e. The van der Waals surface area contributed by atoms with Gasteiger partial charge in [-0.2, -0.15) is 0 Å². The van der Waals surface area contributed by atoms with Crippen LogP contribution < -0.4 is 9.47 Å². The highest BCUT2D eigenvalue weighted by Gasteiger charge is 2.06. The van der Waals surface area contributed by atoms with Gasteiger partial charge < -0.3 is 24.6 Å². The molecule has 0 spiro atoms. The molecule has 1 aromatic rings. The van der Waals surface area contributed by atoms with Crippen molar-refractivity contribution >= 4 is 11.9 Å². The van der Waals surface area contributed by atoms with E-state index >= 15 is 0 Å². The number of carbonyl (C=O) groups is 2. The Kier molecular flexibility index (Phi) is 34.9. The molecule has 0 radical (unpaired) electrons. The molecule has 0 atom stereocenters. The Balaban J connectivity index is 2.07. The first-order chi connectivity index (χ1) is 27.4. The van der Waals surface area contributed by atoms with Crippen molar-refractivity contribution in [2.24, 2.45) is 0 Å².